The first-order valence-corrected chi connectivity index (χ1v) is 5.80. The first-order chi connectivity index (χ1) is 8.63. The van der Waals surface area contributed by atoms with Gasteiger partial charge in [0.25, 0.3) is 0 Å². The maximum absolute atomic E-state index is 11.5. The van der Waals surface area contributed by atoms with Gasteiger partial charge in [0.1, 0.15) is 0 Å². The number of aryl methyl sites for hydroxylation is 1. The Morgan fingerprint density at radius 3 is 2.78 bits per heavy atom. The van der Waals surface area contributed by atoms with Crippen LogP contribution in [0.4, 0.5) is 0 Å². The number of rotatable bonds is 3. The molecule has 18 heavy (non-hydrogen) atoms. The van der Waals surface area contributed by atoms with Crippen LogP contribution in [0.15, 0.2) is 24.4 Å². The quantitative estimate of drug-likeness (QED) is 0.881. The van der Waals surface area contributed by atoms with E-state index in [1.807, 2.05) is 32.0 Å². The van der Waals surface area contributed by atoms with E-state index in [0.717, 1.165) is 22.8 Å². The summed E-state index contributed by atoms with van der Waals surface area (Å²) in [6.07, 6.45) is 2.07. The Kier molecular flexibility index (Phi) is 3.41. The molecule has 0 radical (unpaired) electrons. The summed E-state index contributed by atoms with van der Waals surface area (Å²) in [5, 5.41) is 7.07. The lowest BCUT2D eigenvalue weighted by atomic mass is 10.1. The third-order valence-corrected chi connectivity index (χ3v) is 2.92. The molecular weight excluding hydrogens is 228 g/mol. The van der Waals surface area contributed by atoms with Crippen LogP contribution in [0.2, 0.25) is 0 Å². The van der Waals surface area contributed by atoms with Crippen LogP contribution in [0.1, 0.15) is 17.0 Å². The molecular formula is C13H16N4O. The number of pyridine rings is 1. The summed E-state index contributed by atoms with van der Waals surface area (Å²) in [7, 11) is 1.64. The van der Waals surface area contributed by atoms with E-state index in [9.17, 15) is 4.79 Å². The van der Waals surface area contributed by atoms with Gasteiger partial charge < -0.3 is 5.32 Å². The van der Waals surface area contributed by atoms with Crippen molar-refractivity contribution in [1.29, 1.82) is 0 Å². The van der Waals surface area contributed by atoms with Crippen LogP contribution in [0.5, 0.6) is 0 Å². The predicted octanol–water partition coefficient (Wildman–Crippen LogP) is 1.17. The van der Waals surface area contributed by atoms with E-state index in [4.69, 9.17) is 0 Å². The van der Waals surface area contributed by atoms with Gasteiger partial charge in [-0.1, -0.05) is 6.07 Å². The van der Waals surface area contributed by atoms with Crippen LogP contribution in [0, 0.1) is 13.8 Å². The molecule has 0 fully saturated rings. The number of carbonyl (C=O) groups is 1. The Balaban J connectivity index is 2.41. The van der Waals surface area contributed by atoms with Gasteiger partial charge in [0, 0.05) is 24.5 Å². The van der Waals surface area contributed by atoms with Crippen LogP contribution < -0.4 is 5.32 Å². The SMILES string of the molecule is CNC(=O)Cc1c(C)nn(-c2ccccn2)c1C. The Morgan fingerprint density at radius 1 is 1.39 bits per heavy atom. The van der Waals surface area contributed by atoms with E-state index in [1.165, 1.54) is 0 Å². The van der Waals surface area contributed by atoms with Crippen molar-refractivity contribution in [1.82, 2.24) is 20.1 Å². The van der Waals surface area contributed by atoms with E-state index >= 15 is 0 Å². The summed E-state index contributed by atoms with van der Waals surface area (Å²) >= 11 is 0. The second-order valence-electron chi connectivity index (χ2n) is 4.10. The van der Waals surface area contributed by atoms with Gasteiger partial charge in [-0.25, -0.2) is 9.67 Å². The first-order valence-electron chi connectivity index (χ1n) is 5.80. The van der Waals surface area contributed by atoms with Crippen molar-refractivity contribution >= 4 is 5.91 Å². The molecule has 0 aliphatic carbocycles. The van der Waals surface area contributed by atoms with Gasteiger partial charge in [0.15, 0.2) is 5.82 Å². The molecule has 0 saturated heterocycles. The first kappa shape index (κ1) is 12.3. The van der Waals surface area contributed by atoms with Gasteiger partial charge >= 0.3 is 0 Å². The Bertz CT molecular complexity index is 560. The fourth-order valence-corrected chi connectivity index (χ4v) is 1.88. The van der Waals surface area contributed by atoms with E-state index in [2.05, 4.69) is 15.4 Å². The van der Waals surface area contributed by atoms with Crippen LogP contribution in [-0.2, 0) is 11.2 Å². The highest BCUT2D eigenvalue weighted by atomic mass is 16.1. The fraction of sp³-hybridized carbons (Fsp3) is 0.308. The van der Waals surface area contributed by atoms with Gasteiger partial charge in [0.05, 0.1) is 12.1 Å². The average molecular weight is 244 g/mol. The van der Waals surface area contributed by atoms with Gasteiger partial charge in [-0.15, -0.1) is 0 Å². The second-order valence-corrected chi connectivity index (χ2v) is 4.10. The zero-order valence-electron chi connectivity index (χ0n) is 10.8. The Labute approximate surface area is 106 Å². The second kappa shape index (κ2) is 5.00. The van der Waals surface area contributed by atoms with Crippen molar-refractivity contribution in [2.45, 2.75) is 20.3 Å². The zero-order valence-corrected chi connectivity index (χ0v) is 10.8. The van der Waals surface area contributed by atoms with Crippen LogP contribution in [0.3, 0.4) is 0 Å². The number of carbonyl (C=O) groups excluding carboxylic acids is 1. The highest BCUT2D eigenvalue weighted by Crippen LogP contribution is 2.16. The minimum atomic E-state index is -0.0122. The highest BCUT2D eigenvalue weighted by molar-refractivity contribution is 5.78. The summed E-state index contributed by atoms with van der Waals surface area (Å²) in [5.74, 6) is 0.753. The number of amides is 1. The molecule has 0 aromatic carbocycles. The minimum Gasteiger partial charge on any atom is -0.359 e. The van der Waals surface area contributed by atoms with E-state index < -0.39 is 0 Å². The zero-order chi connectivity index (χ0) is 13.1. The molecule has 0 unspecified atom stereocenters. The fourth-order valence-electron chi connectivity index (χ4n) is 1.88. The maximum atomic E-state index is 11.5. The van der Waals surface area contributed by atoms with Crippen molar-refractivity contribution in [3.8, 4) is 5.82 Å². The van der Waals surface area contributed by atoms with Crippen molar-refractivity contribution in [2.75, 3.05) is 7.05 Å². The molecule has 0 spiro atoms. The van der Waals surface area contributed by atoms with Crippen molar-refractivity contribution in [3.63, 3.8) is 0 Å². The number of nitrogens with one attached hydrogen (secondary N) is 1. The van der Waals surface area contributed by atoms with Crippen LogP contribution >= 0.6 is 0 Å². The number of hydrogen-bond donors (Lipinski definition) is 1. The number of likely N-dealkylation sites (N-methyl/N-ethyl adjacent to an activating group) is 1. The molecule has 2 rings (SSSR count). The molecule has 5 nitrogen and oxygen atoms in total. The van der Waals surface area contributed by atoms with Gasteiger partial charge in [-0.05, 0) is 26.0 Å². The predicted molar refractivity (Wildman–Crippen MR) is 68.6 cm³/mol. The third-order valence-electron chi connectivity index (χ3n) is 2.92. The molecule has 0 bridgehead atoms. The van der Waals surface area contributed by atoms with E-state index in [1.54, 1.807) is 17.9 Å². The summed E-state index contributed by atoms with van der Waals surface area (Å²) in [6, 6.07) is 5.67. The third kappa shape index (κ3) is 2.25. The number of aromatic nitrogens is 3. The number of hydrogen-bond acceptors (Lipinski definition) is 3. The van der Waals surface area contributed by atoms with Crippen molar-refractivity contribution in [3.05, 3.63) is 41.3 Å². The smallest absolute Gasteiger partial charge is 0.224 e. The molecule has 2 aromatic rings. The molecule has 0 atom stereocenters. The Morgan fingerprint density at radius 2 is 2.17 bits per heavy atom. The number of nitrogens with zero attached hydrogens (tertiary/aromatic N) is 3. The van der Waals surface area contributed by atoms with Gasteiger partial charge in [0.2, 0.25) is 5.91 Å². The molecule has 2 heterocycles. The van der Waals surface area contributed by atoms with Crippen LogP contribution in [-0.4, -0.2) is 27.7 Å². The summed E-state index contributed by atoms with van der Waals surface area (Å²) in [5.41, 5.74) is 2.77. The standard InChI is InChI=1S/C13H16N4O/c1-9-11(8-13(18)14-3)10(2)17(16-9)12-6-4-5-7-15-12/h4-7H,8H2,1-3H3,(H,14,18). The summed E-state index contributed by atoms with van der Waals surface area (Å²) in [4.78, 5) is 15.7. The maximum Gasteiger partial charge on any atom is 0.224 e. The topological polar surface area (TPSA) is 59.8 Å². The van der Waals surface area contributed by atoms with Gasteiger partial charge in [-0.2, -0.15) is 5.10 Å². The summed E-state index contributed by atoms with van der Waals surface area (Å²) < 4.78 is 1.77. The monoisotopic (exact) mass is 244 g/mol. The van der Waals surface area contributed by atoms with E-state index in [-0.39, 0.29) is 5.91 Å². The average Bonchev–Trinajstić information content (AvgIpc) is 2.67. The molecule has 94 valence electrons. The molecule has 1 N–H and O–H groups in total. The largest absolute Gasteiger partial charge is 0.359 e. The Hall–Kier alpha value is -2.17. The molecule has 0 saturated carbocycles. The molecule has 0 aliphatic rings. The highest BCUT2D eigenvalue weighted by Gasteiger charge is 2.15. The normalized spacial score (nSPS) is 10.4. The molecule has 2 aromatic heterocycles. The molecule has 0 aliphatic heterocycles. The lowest BCUT2D eigenvalue weighted by molar-refractivity contribution is -0.119. The van der Waals surface area contributed by atoms with E-state index in [0.29, 0.717) is 6.42 Å². The van der Waals surface area contributed by atoms with Gasteiger partial charge in [-0.3, -0.25) is 4.79 Å². The summed E-state index contributed by atoms with van der Waals surface area (Å²) in [6.45, 7) is 3.86. The van der Waals surface area contributed by atoms with Crippen molar-refractivity contribution < 1.29 is 4.79 Å². The van der Waals surface area contributed by atoms with Crippen molar-refractivity contribution in [2.24, 2.45) is 0 Å². The lowest BCUT2D eigenvalue weighted by Gasteiger charge is -2.04. The van der Waals surface area contributed by atoms with Crippen LogP contribution in [0.25, 0.3) is 5.82 Å². The lowest BCUT2D eigenvalue weighted by Crippen LogP contribution is -2.20. The minimum absolute atomic E-state index is 0.0122. The molecule has 5 heteroatoms. The molecule has 1 amide bonds.